The molecule has 0 spiro atoms. The van der Waals surface area contributed by atoms with E-state index >= 15 is 0 Å². The molecule has 1 aliphatic heterocycles. The summed E-state index contributed by atoms with van der Waals surface area (Å²) in [6.07, 6.45) is 0.934. The number of hydrogen-bond acceptors (Lipinski definition) is 7. The summed E-state index contributed by atoms with van der Waals surface area (Å²) in [5.41, 5.74) is 2.49. The number of carbonyl (C=O) groups is 1. The third-order valence-corrected chi connectivity index (χ3v) is 6.44. The van der Waals surface area contributed by atoms with Gasteiger partial charge in [0.25, 0.3) is 5.91 Å². The number of aromatic nitrogens is 1. The average Bonchev–Trinajstić information content (AvgIpc) is 3.64. The fourth-order valence-electron chi connectivity index (χ4n) is 3.81. The van der Waals surface area contributed by atoms with Crippen LogP contribution >= 0.6 is 11.3 Å². The van der Waals surface area contributed by atoms with Crippen LogP contribution in [0.2, 0.25) is 0 Å². The molecule has 0 fully saturated rings. The van der Waals surface area contributed by atoms with Crippen LogP contribution in [0.5, 0.6) is 11.5 Å². The molecule has 0 radical (unpaired) electrons. The van der Waals surface area contributed by atoms with Crippen molar-refractivity contribution in [2.45, 2.75) is 26.1 Å². The van der Waals surface area contributed by atoms with Gasteiger partial charge < -0.3 is 19.3 Å². The molecular formula is C26H25N3O4S. The zero-order valence-electron chi connectivity index (χ0n) is 18.6. The summed E-state index contributed by atoms with van der Waals surface area (Å²) in [5, 5.41) is 8.97. The summed E-state index contributed by atoms with van der Waals surface area (Å²) >= 11 is 1.74. The molecule has 1 aliphatic rings. The molecule has 7 nitrogen and oxygen atoms in total. The topological polar surface area (TPSA) is 76.8 Å². The van der Waals surface area contributed by atoms with Crippen LogP contribution in [0, 0.1) is 0 Å². The molecule has 8 heteroatoms. The Morgan fingerprint density at radius 3 is 2.71 bits per heavy atom. The standard InChI is InChI=1S/C26H25N3O4S/c30-26(27-15-20-8-9-24-25(13-20)32-18-31-24)23-14-21(33-28-23)16-29(17-22-7-4-12-34-22)11-10-19-5-2-1-3-6-19/h1-9,12-14H,10-11,15-18H2,(H,27,30). The summed E-state index contributed by atoms with van der Waals surface area (Å²) in [5.74, 6) is 1.80. The second-order valence-corrected chi connectivity index (χ2v) is 9.11. The number of nitrogens with one attached hydrogen (secondary N) is 1. The molecule has 0 aliphatic carbocycles. The van der Waals surface area contributed by atoms with Crippen LogP contribution in [0.1, 0.15) is 32.3 Å². The summed E-state index contributed by atoms with van der Waals surface area (Å²) < 4.78 is 16.2. The van der Waals surface area contributed by atoms with Crippen LogP contribution in [0.25, 0.3) is 0 Å². The van der Waals surface area contributed by atoms with E-state index in [-0.39, 0.29) is 18.4 Å². The van der Waals surface area contributed by atoms with Gasteiger partial charge >= 0.3 is 0 Å². The van der Waals surface area contributed by atoms with E-state index < -0.39 is 0 Å². The lowest BCUT2D eigenvalue weighted by molar-refractivity contribution is 0.0941. The molecule has 174 valence electrons. The number of carbonyl (C=O) groups excluding carboxylic acids is 1. The zero-order valence-corrected chi connectivity index (χ0v) is 19.4. The normalized spacial score (nSPS) is 12.3. The van der Waals surface area contributed by atoms with Crippen molar-refractivity contribution in [3.05, 3.63) is 99.6 Å². The highest BCUT2D eigenvalue weighted by Crippen LogP contribution is 2.32. The van der Waals surface area contributed by atoms with Crippen molar-refractivity contribution in [3.8, 4) is 11.5 Å². The predicted octanol–water partition coefficient (Wildman–Crippen LogP) is 4.64. The smallest absolute Gasteiger partial charge is 0.273 e. The van der Waals surface area contributed by atoms with Gasteiger partial charge in [-0.3, -0.25) is 9.69 Å². The Morgan fingerprint density at radius 2 is 1.85 bits per heavy atom. The summed E-state index contributed by atoms with van der Waals surface area (Å²) in [6.45, 7) is 2.85. The highest BCUT2D eigenvalue weighted by Gasteiger charge is 2.17. The van der Waals surface area contributed by atoms with Gasteiger partial charge in [-0.1, -0.05) is 47.6 Å². The van der Waals surface area contributed by atoms with Gasteiger partial charge in [-0.25, -0.2) is 0 Å². The minimum absolute atomic E-state index is 0.224. The van der Waals surface area contributed by atoms with Crippen molar-refractivity contribution >= 4 is 17.2 Å². The van der Waals surface area contributed by atoms with E-state index in [1.165, 1.54) is 10.4 Å². The fourth-order valence-corrected chi connectivity index (χ4v) is 4.55. The number of amides is 1. The number of hydrogen-bond donors (Lipinski definition) is 1. The van der Waals surface area contributed by atoms with Crippen LogP contribution < -0.4 is 14.8 Å². The maximum absolute atomic E-state index is 12.6. The number of benzene rings is 2. The van der Waals surface area contributed by atoms with E-state index in [1.54, 1.807) is 17.4 Å². The van der Waals surface area contributed by atoms with Crippen LogP contribution in [0.4, 0.5) is 0 Å². The summed E-state index contributed by atoms with van der Waals surface area (Å²) in [6, 6.07) is 22.0. The lowest BCUT2D eigenvalue weighted by Crippen LogP contribution is -2.25. The van der Waals surface area contributed by atoms with Gasteiger partial charge in [-0.05, 0) is 41.1 Å². The van der Waals surface area contributed by atoms with E-state index in [1.807, 2.05) is 24.3 Å². The molecule has 0 bridgehead atoms. The molecule has 3 heterocycles. The second-order valence-electron chi connectivity index (χ2n) is 8.07. The van der Waals surface area contributed by atoms with Crippen molar-refractivity contribution in [1.29, 1.82) is 0 Å². The average molecular weight is 476 g/mol. The highest BCUT2D eigenvalue weighted by molar-refractivity contribution is 7.09. The van der Waals surface area contributed by atoms with Gasteiger partial charge in [0.1, 0.15) is 0 Å². The minimum atomic E-state index is -0.276. The number of fused-ring (bicyclic) bond motifs is 1. The Hall–Kier alpha value is -3.62. The lowest BCUT2D eigenvalue weighted by Gasteiger charge is -2.20. The molecule has 1 amide bonds. The van der Waals surface area contributed by atoms with Gasteiger partial charge in [-0.15, -0.1) is 11.3 Å². The SMILES string of the molecule is O=C(NCc1ccc2c(c1)OCO2)c1cc(CN(CCc2ccccc2)Cc2cccs2)on1. The van der Waals surface area contributed by atoms with Crippen molar-refractivity contribution in [1.82, 2.24) is 15.4 Å². The largest absolute Gasteiger partial charge is 0.454 e. The van der Waals surface area contributed by atoms with Crippen molar-refractivity contribution in [3.63, 3.8) is 0 Å². The predicted molar refractivity (Wildman–Crippen MR) is 129 cm³/mol. The molecule has 2 aromatic heterocycles. The van der Waals surface area contributed by atoms with Gasteiger partial charge in [0.05, 0.1) is 6.54 Å². The molecule has 2 aromatic carbocycles. The third-order valence-electron chi connectivity index (χ3n) is 5.58. The van der Waals surface area contributed by atoms with Crippen LogP contribution in [-0.2, 0) is 26.1 Å². The Kier molecular flexibility index (Phi) is 6.88. The van der Waals surface area contributed by atoms with Crippen LogP contribution in [0.15, 0.2) is 76.6 Å². The van der Waals surface area contributed by atoms with E-state index in [9.17, 15) is 4.79 Å². The van der Waals surface area contributed by atoms with Gasteiger partial charge in [0.15, 0.2) is 23.0 Å². The first-order chi connectivity index (χ1) is 16.7. The summed E-state index contributed by atoms with van der Waals surface area (Å²) in [7, 11) is 0. The second kappa shape index (κ2) is 10.5. The quantitative estimate of drug-likeness (QED) is 0.360. The number of ether oxygens (including phenoxy) is 2. The van der Waals surface area contributed by atoms with Crippen molar-refractivity contribution < 1.29 is 18.8 Å². The molecule has 0 saturated heterocycles. The third kappa shape index (κ3) is 5.65. The molecule has 0 unspecified atom stereocenters. The van der Waals surface area contributed by atoms with Crippen molar-refractivity contribution in [2.75, 3.05) is 13.3 Å². The monoisotopic (exact) mass is 475 g/mol. The molecule has 34 heavy (non-hydrogen) atoms. The van der Waals surface area contributed by atoms with E-state index in [0.717, 1.165) is 30.8 Å². The lowest BCUT2D eigenvalue weighted by atomic mass is 10.1. The highest BCUT2D eigenvalue weighted by atomic mass is 32.1. The van der Waals surface area contributed by atoms with E-state index in [4.69, 9.17) is 14.0 Å². The van der Waals surface area contributed by atoms with Crippen LogP contribution in [-0.4, -0.2) is 29.3 Å². The molecule has 5 rings (SSSR count). The number of nitrogens with zero attached hydrogens (tertiary/aromatic N) is 2. The Balaban J connectivity index is 1.19. The van der Waals surface area contributed by atoms with Crippen LogP contribution in [0.3, 0.4) is 0 Å². The Bertz CT molecular complexity index is 1220. The molecule has 0 atom stereocenters. The molecular weight excluding hydrogens is 450 g/mol. The van der Waals surface area contributed by atoms with E-state index in [0.29, 0.717) is 24.6 Å². The summed E-state index contributed by atoms with van der Waals surface area (Å²) in [4.78, 5) is 16.2. The van der Waals surface area contributed by atoms with Gasteiger partial charge in [0.2, 0.25) is 6.79 Å². The number of rotatable bonds is 10. The molecule has 4 aromatic rings. The Labute approximate surface area is 201 Å². The fraction of sp³-hybridized carbons (Fsp3) is 0.231. The Morgan fingerprint density at radius 1 is 0.971 bits per heavy atom. The minimum Gasteiger partial charge on any atom is -0.454 e. The number of thiophene rings is 1. The van der Waals surface area contributed by atoms with Gasteiger partial charge in [-0.2, -0.15) is 0 Å². The first-order valence-electron chi connectivity index (χ1n) is 11.1. The zero-order chi connectivity index (χ0) is 23.2. The van der Waals surface area contributed by atoms with Crippen molar-refractivity contribution in [2.24, 2.45) is 0 Å². The first-order valence-corrected chi connectivity index (χ1v) is 12.0. The maximum atomic E-state index is 12.6. The molecule has 1 N–H and O–H groups in total. The maximum Gasteiger partial charge on any atom is 0.273 e. The van der Waals surface area contributed by atoms with Gasteiger partial charge in [0, 0.05) is 30.6 Å². The first kappa shape index (κ1) is 22.2. The van der Waals surface area contributed by atoms with E-state index in [2.05, 4.69) is 57.2 Å². The molecule has 0 saturated carbocycles.